The number of hydrogen-bond acceptors (Lipinski definition) is 3. The van der Waals surface area contributed by atoms with Gasteiger partial charge in [0.15, 0.2) is 0 Å². The van der Waals surface area contributed by atoms with Gasteiger partial charge in [0.1, 0.15) is 0 Å². The SMILES string of the molecule is O=C1c2cccc3c(-c4ccc(-c5ccncc5)c5ccccc45)ccc(c23)C(=O)N1c1ccccc1. The highest BCUT2D eigenvalue weighted by molar-refractivity contribution is 6.36. The minimum atomic E-state index is -0.302. The maximum absolute atomic E-state index is 13.6. The number of hydrogen-bond donors (Lipinski definition) is 0. The molecule has 0 saturated heterocycles. The third kappa shape index (κ3) is 3.20. The van der Waals surface area contributed by atoms with Crippen molar-refractivity contribution in [1.29, 1.82) is 0 Å². The van der Waals surface area contributed by atoms with E-state index in [4.69, 9.17) is 0 Å². The first-order valence-electron chi connectivity index (χ1n) is 12.1. The normalized spacial score (nSPS) is 12.9. The quantitative estimate of drug-likeness (QED) is 0.248. The number of anilines is 1. The van der Waals surface area contributed by atoms with Crippen molar-refractivity contribution in [2.24, 2.45) is 0 Å². The average molecular weight is 477 g/mol. The summed E-state index contributed by atoms with van der Waals surface area (Å²) in [5.74, 6) is -0.603. The Hall–Kier alpha value is -5.09. The number of carbonyl (C=O) groups excluding carboxylic acids is 2. The van der Waals surface area contributed by atoms with Crippen LogP contribution in [0.5, 0.6) is 0 Å². The van der Waals surface area contributed by atoms with E-state index in [0.717, 1.165) is 38.4 Å². The summed E-state index contributed by atoms with van der Waals surface area (Å²) in [7, 11) is 0. The highest BCUT2D eigenvalue weighted by atomic mass is 16.2. The molecule has 0 fully saturated rings. The Kier molecular flexibility index (Phi) is 4.73. The lowest BCUT2D eigenvalue weighted by molar-refractivity contribution is 0.0893. The molecule has 0 aliphatic carbocycles. The van der Waals surface area contributed by atoms with Crippen molar-refractivity contribution in [2.45, 2.75) is 0 Å². The molecule has 0 atom stereocenters. The van der Waals surface area contributed by atoms with Gasteiger partial charge < -0.3 is 0 Å². The number of nitrogens with zero attached hydrogens (tertiary/aromatic N) is 2. The first kappa shape index (κ1) is 21.2. The summed E-state index contributed by atoms with van der Waals surface area (Å²) in [6.45, 7) is 0. The Morgan fingerprint density at radius 2 is 1.00 bits per heavy atom. The summed E-state index contributed by atoms with van der Waals surface area (Å²) < 4.78 is 0. The van der Waals surface area contributed by atoms with E-state index in [-0.39, 0.29) is 11.8 Å². The van der Waals surface area contributed by atoms with Crippen molar-refractivity contribution in [1.82, 2.24) is 4.98 Å². The summed E-state index contributed by atoms with van der Waals surface area (Å²) in [6.07, 6.45) is 3.61. The number of carbonyl (C=O) groups is 2. The van der Waals surface area contributed by atoms with Crippen molar-refractivity contribution in [3.63, 3.8) is 0 Å². The number of imide groups is 1. The van der Waals surface area contributed by atoms with E-state index in [2.05, 4.69) is 29.2 Å². The molecule has 0 bridgehead atoms. The summed E-state index contributed by atoms with van der Waals surface area (Å²) in [6, 6.07) is 35.3. The summed E-state index contributed by atoms with van der Waals surface area (Å²) in [4.78, 5) is 32.6. The van der Waals surface area contributed by atoms with Crippen LogP contribution in [0.2, 0.25) is 0 Å². The molecule has 0 spiro atoms. The van der Waals surface area contributed by atoms with Crippen molar-refractivity contribution < 1.29 is 9.59 Å². The molecule has 37 heavy (non-hydrogen) atoms. The molecule has 6 aromatic rings. The second kappa shape index (κ2) is 8.25. The van der Waals surface area contributed by atoms with Gasteiger partial charge in [-0.1, -0.05) is 72.8 Å². The minimum Gasteiger partial charge on any atom is -0.268 e. The first-order chi connectivity index (χ1) is 18.2. The third-order valence-corrected chi connectivity index (χ3v) is 7.13. The zero-order valence-corrected chi connectivity index (χ0v) is 19.8. The van der Waals surface area contributed by atoms with Gasteiger partial charge in [-0.3, -0.25) is 14.6 Å². The van der Waals surface area contributed by atoms with Crippen LogP contribution in [0.4, 0.5) is 5.69 Å². The number of aromatic nitrogens is 1. The lowest BCUT2D eigenvalue weighted by Gasteiger charge is -2.28. The second-order valence-electron chi connectivity index (χ2n) is 9.11. The number of amides is 2. The van der Waals surface area contributed by atoms with E-state index in [1.54, 1.807) is 24.5 Å². The Bertz CT molecular complexity index is 1840. The fourth-order valence-electron chi connectivity index (χ4n) is 5.46. The molecule has 5 aromatic carbocycles. The number of para-hydroxylation sites is 1. The molecule has 1 aliphatic heterocycles. The van der Waals surface area contributed by atoms with Gasteiger partial charge in [-0.05, 0) is 74.8 Å². The van der Waals surface area contributed by atoms with Gasteiger partial charge in [-0.25, -0.2) is 4.90 Å². The van der Waals surface area contributed by atoms with Gasteiger partial charge >= 0.3 is 0 Å². The first-order valence-corrected chi connectivity index (χ1v) is 12.1. The Balaban J connectivity index is 1.46. The van der Waals surface area contributed by atoms with E-state index in [0.29, 0.717) is 22.2 Å². The van der Waals surface area contributed by atoms with Crippen molar-refractivity contribution >= 4 is 39.0 Å². The standard InChI is InChI=1S/C33H20N2O2/c36-32-29-12-6-11-28-27(15-16-30(31(28)29)33(37)35(32)22-7-2-1-3-8-22)26-14-13-23(21-17-19-34-20-18-21)24-9-4-5-10-25(24)26/h1-20H. The summed E-state index contributed by atoms with van der Waals surface area (Å²) >= 11 is 0. The zero-order valence-electron chi connectivity index (χ0n) is 19.8. The molecule has 4 nitrogen and oxygen atoms in total. The average Bonchev–Trinajstić information content (AvgIpc) is 2.96. The van der Waals surface area contributed by atoms with Crippen LogP contribution < -0.4 is 4.90 Å². The maximum Gasteiger partial charge on any atom is 0.265 e. The van der Waals surface area contributed by atoms with Crippen LogP contribution >= 0.6 is 0 Å². The monoisotopic (exact) mass is 476 g/mol. The van der Waals surface area contributed by atoms with Crippen LogP contribution in [0.15, 0.2) is 122 Å². The number of rotatable bonds is 3. The molecule has 0 radical (unpaired) electrons. The molecule has 4 heteroatoms. The molecular formula is C33H20N2O2. The van der Waals surface area contributed by atoms with E-state index in [9.17, 15) is 9.59 Å². The van der Waals surface area contributed by atoms with E-state index < -0.39 is 0 Å². The Morgan fingerprint density at radius 3 is 1.73 bits per heavy atom. The molecule has 1 aromatic heterocycles. The molecule has 0 saturated carbocycles. The molecule has 0 N–H and O–H groups in total. The van der Waals surface area contributed by atoms with Crippen LogP contribution in [-0.2, 0) is 0 Å². The predicted octanol–water partition coefficient (Wildman–Crippen LogP) is 7.52. The minimum absolute atomic E-state index is 0.302. The maximum atomic E-state index is 13.6. The molecule has 0 unspecified atom stereocenters. The number of benzene rings is 5. The predicted molar refractivity (Wildman–Crippen MR) is 148 cm³/mol. The van der Waals surface area contributed by atoms with Crippen LogP contribution in [0.1, 0.15) is 20.7 Å². The largest absolute Gasteiger partial charge is 0.268 e. The molecule has 7 rings (SSSR count). The van der Waals surface area contributed by atoms with Crippen LogP contribution in [0, 0.1) is 0 Å². The zero-order chi connectivity index (χ0) is 24.9. The van der Waals surface area contributed by atoms with Gasteiger partial charge in [0.25, 0.3) is 11.8 Å². The smallest absolute Gasteiger partial charge is 0.265 e. The topological polar surface area (TPSA) is 50.3 Å². The fourth-order valence-corrected chi connectivity index (χ4v) is 5.46. The van der Waals surface area contributed by atoms with Gasteiger partial charge in [-0.2, -0.15) is 0 Å². The van der Waals surface area contributed by atoms with E-state index in [1.807, 2.05) is 72.8 Å². The molecule has 2 amide bonds. The number of pyridine rings is 1. The molecule has 1 aliphatic rings. The molecule has 174 valence electrons. The Labute approximate surface area is 213 Å². The summed E-state index contributed by atoms with van der Waals surface area (Å²) in [5, 5.41) is 3.85. The lowest BCUT2D eigenvalue weighted by Crippen LogP contribution is -2.40. The van der Waals surface area contributed by atoms with Crippen molar-refractivity contribution in [3.05, 3.63) is 133 Å². The highest BCUT2D eigenvalue weighted by Crippen LogP contribution is 2.41. The van der Waals surface area contributed by atoms with E-state index >= 15 is 0 Å². The highest BCUT2D eigenvalue weighted by Gasteiger charge is 2.34. The van der Waals surface area contributed by atoms with Gasteiger partial charge in [-0.15, -0.1) is 0 Å². The van der Waals surface area contributed by atoms with Crippen LogP contribution in [0.3, 0.4) is 0 Å². The van der Waals surface area contributed by atoms with Gasteiger partial charge in [0.05, 0.1) is 5.69 Å². The van der Waals surface area contributed by atoms with Crippen LogP contribution in [0.25, 0.3) is 43.8 Å². The number of fused-ring (bicyclic) bond motifs is 1. The van der Waals surface area contributed by atoms with Gasteiger partial charge in [0, 0.05) is 28.9 Å². The molecular weight excluding hydrogens is 456 g/mol. The summed E-state index contributed by atoms with van der Waals surface area (Å²) in [5.41, 5.74) is 5.93. The van der Waals surface area contributed by atoms with Crippen molar-refractivity contribution in [3.8, 4) is 22.3 Å². The lowest BCUT2D eigenvalue weighted by atomic mass is 9.86. The third-order valence-electron chi connectivity index (χ3n) is 7.13. The Morgan fingerprint density at radius 1 is 0.459 bits per heavy atom. The van der Waals surface area contributed by atoms with Crippen LogP contribution in [-0.4, -0.2) is 16.8 Å². The van der Waals surface area contributed by atoms with E-state index in [1.165, 1.54) is 4.90 Å². The van der Waals surface area contributed by atoms with Crippen molar-refractivity contribution in [2.75, 3.05) is 4.90 Å². The second-order valence-corrected chi connectivity index (χ2v) is 9.11. The fraction of sp³-hybridized carbons (Fsp3) is 0. The molecule has 2 heterocycles. The van der Waals surface area contributed by atoms with Gasteiger partial charge in [0.2, 0.25) is 0 Å².